The van der Waals surface area contributed by atoms with Gasteiger partial charge in [0, 0.05) is 25.9 Å². The molecule has 1 aliphatic rings. The minimum absolute atomic E-state index is 0.198. The number of rotatable bonds is 6. The van der Waals surface area contributed by atoms with E-state index in [2.05, 4.69) is 5.32 Å². The molecule has 1 aromatic rings. The van der Waals surface area contributed by atoms with Crippen LogP contribution in [0.2, 0.25) is 0 Å². The van der Waals surface area contributed by atoms with Gasteiger partial charge in [0.1, 0.15) is 0 Å². The van der Waals surface area contributed by atoms with Crippen LogP contribution in [0.25, 0.3) is 0 Å². The number of ether oxygens (including phenoxy) is 1. The van der Waals surface area contributed by atoms with Gasteiger partial charge in [0.05, 0.1) is 17.9 Å². The monoisotopic (exact) mass is 340 g/mol. The average molecular weight is 340 g/mol. The second-order valence-corrected chi connectivity index (χ2v) is 7.58. The zero-order chi connectivity index (χ0) is 16.7. The Bertz CT molecular complexity index is 623. The van der Waals surface area contributed by atoms with Gasteiger partial charge < -0.3 is 10.1 Å². The van der Waals surface area contributed by atoms with Crippen LogP contribution in [0.1, 0.15) is 32.1 Å². The summed E-state index contributed by atoms with van der Waals surface area (Å²) in [7, 11) is -1.97. The predicted octanol–water partition coefficient (Wildman–Crippen LogP) is 2.23. The maximum atomic E-state index is 12.7. The third-order valence-electron chi connectivity index (χ3n) is 3.85. The lowest BCUT2D eigenvalue weighted by molar-refractivity contribution is -0.117. The van der Waals surface area contributed by atoms with E-state index in [0.717, 1.165) is 25.7 Å². The molecule has 128 valence electrons. The lowest BCUT2D eigenvalue weighted by atomic mass is 10.2. The highest BCUT2D eigenvalue weighted by molar-refractivity contribution is 7.89. The molecule has 0 unspecified atom stereocenters. The van der Waals surface area contributed by atoms with E-state index in [9.17, 15) is 13.2 Å². The van der Waals surface area contributed by atoms with Crippen molar-refractivity contribution < 1.29 is 17.9 Å². The Morgan fingerprint density at radius 2 is 1.91 bits per heavy atom. The second-order valence-electron chi connectivity index (χ2n) is 5.64. The van der Waals surface area contributed by atoms with Crippen molar-refractivity contribution in [2.45, 2.75) is 37.0 Å². The summed E-state index contributed by atoms with van der Waals surface area (Å²) in [4.78, 5) is 12.0. The maximum Gasteiger partial charge on any atom is 0.243 e. The molecule has 0 aromatic heterocycles. The molecule has 1 aliphatic heterocycles. The Labute approximate surface area is 137 Å². The Morgan fingerprint density at radius 3 is 2.57 bits per heavy atom. The number of hydrogen-bond donors (Lipinski definition) is 1. The van der Waals surface area contributed by atoms with Gasteiger partial charge in [-0.1, -0.05) is 18.9 Å². The third-order valence-corrected chi connectivity index (χ3v) is 5.75. The molecule has 0 bridgehead atoms. The predicted molar refractivity (Wildman–Crippen MR) is 88.8 cm³/mol. The van der Waals surface area contributed by atoms with Gasteiger partial charge >= 0.3 is 0 Å². The Kier molecular flexibility index (Phi) is 6.56. The first-order valence-corrected chi connectivity index (χ1v) is 9.37. The van der Waals surface area contributed by atoms with E-state index in [0.29, 0.717) is 25.4 Å². The van der Waals surface area contributed by atoms with E-state index >= 15 is 0 Å². The standard InChI is InChI=1S/C16H24N2O4S/c1-22-12-9-16(19)17-14-7-6-8-15(13-14)23(20,21)18-10-4-2-3-5-11-18/h6-8,13H,2-5,9-12H2,1H3,(H,17,19). The molecule has 1 amide bonds. The molecule has 0 spiro atoms. The Balaban J connectivity index is 2.12. The van der Waals surface area contributed by atoms with Gasteiger partial charge in [-0.3, -0.25) is 4.79 Å². The van der Waals surface area contributed by atoms with Crippen LogP contribution in [0.3, 0.4) is 0 Å². The summed E-state index contributed by atoms with van der Waals surface area (Å²) < 4.78 is 31.9. The SMILES string of the molecule is COCCC(=O)Nc1cccc(S(=O)(=O)N2CCCCCC2)c1. The number of nitrogens with zero attached hydrogens (tertiary/aromatic N) is 1. The van der Waals surface area contributed by atoms with Crippen molar-refractivity contribution in [3.63, 3.8) is 0 Å². The lowest BCUT2D eigenvalue weighted by Gasteiger charge is -2.20. The number of anilines is 1. The highest BCUT2D eigenvalue weighted by atomic mass is 32.2. The van der Waals surface area contributed by atoms with Crippen LogP contribution >= 0.6 is 0 Å². The van der Waals surface area contributed by atoms with Crippen molar-refractivity contribution in [1.29, 1.82) is 0 Å². The molecular formula is C16H24N2O4S. The molecule has 7 heteroatoms. The number of hydrogen-bond acceptors (Lipinski definition) is 4. The minimum atomic E-state index is -3.50. The van der Waals surface area contributed by atoms with E-state index in [-0.39, 0.29) is 17.2 Å². The first-order chi connectivity index (χ1) is 11.0. The number of amides is 1. The summed E-state index contributed by atoms with van der Waals surface area (Å²) in [6.45, 7) is 1.46. The van der Waals surface area contributed by atoms with Gasteiger partial charge in [-0.2, -0.15) is 4.31 Å². The highest BCUT2D eigenvalue weighted by Crippen LogP contribution is 2.22. The summed E-state index contributed by atoms with van der Waals surface area (Å²) in [6, 6.07) is 6.43. The number of benzene rings is 1. The first-order valence-electron chi connectivity index (χ1n) is 7.93. The molecule has 23 heavy (non-hydrogen) atoms. The number of nitrogens with one attached hydrogen (secondary N) is 1. The fourth-order valence-electron chi connectivity index (χ4n) is 2.58. The van der Waals surface area contributed by atoms with Gasteiger partial charge in [0.2, 0.25) is 15.9 Å². The molecule has 0 aliphatic carbocycles. The second kappa shape index (κ2) is 8.42. The van der Waals surface area contributed by atoms with E-state index in [1.54, 1.807) is 22.5 Å². The summed E-state index contributed by atoms with van der Waals surface area (Å²) in [5, 5.41) is 2.70. The first kappa shape index (κ1) is 17.9. The highest BCUT2D eigenvalue weighted by Gasteiger charge is 2.25. The normalized spacial score (nSPS) is 16.7. The molecule has 1 N–H and O–H groups in total. The van der Waals surface area contributed by atoms with Crippen LogP contribution in [0, 0.1) is 0 Å². The van der Waals surface area contributed by atoms with E-state index in [1.807, 2.05) is 0 Å². The fraction of sp³-hybridized carbons (Fsp3) is 0.562. The van der Waals surface area contributed by atoms with Gasteiger partial charge in [0.15, 0.2) is 0 Å². The molecule has 0 saturated carbocycles. The Hall–Kier alpha value is -1.44. The van der Waals surface area contributed by atoms with Crippen molar-refractivity contribution in [3.05, 3.63) is 24.3 Å². The lowest BCUT2D eigenvalue weighted by Crippen LogP contribution is -2.32. The quantitative estimate of drug-likeness (QED) is 0.861. The molecule has 0 radical (unpaired) electrons. The Morgan fingerprint density at radius 1 is 1.22 bits per heavy atom. The zero-order valence-electron chi connectivity index (χ0n) is 13.5. The zero-order valence-corrected chi connectivity index (χ0v) is 14.3. The number of methoxy groups -OCH3 is 1. The van der Waals surface area contributed by atoms with Crippen molar-refractivity contribution >= 4 is 21.6 Å². The van der Waals surface area contributed by atoms with E-state index < -0.39 is 10.0 Å². The molecular weight excluding hydrogens is 316 g/mol. The van der Waals surface area contributed by atoms with Crippen LogP contribution < -0.4 is 5.32 Å². The molecule has 0 atom stereocenters. The van der Waals surface area contributed by atoms with E-state index in [1.165, 1.54) is 13.2 Å². The summed E-state index contributed by atoms with van der Waals surface area (Å²) >= 11 is 0. The van der Waals surface area contributed by atoms with Gasteiger partial charge in [0.25, 0.3) is 0 Å². The summed E-state index contributed by atoms with van der Waals surface area (Å²) in [5.41, 5.74) is 0.488. The van der Waals surface area contributed by atoms with Gasteiger partial charge in [-0.05, 0) is 31.0 Å². The molecule has 1 heterocycles. The summed E-state index contributed by atoms with van der Waals surface area (Å²) in [6.07, 6.45) is 4.17. The molecule has 1 aromatic carbocycles. The van der Waals surface area contributed by atoms with E-state index in [4.69, 9.17) is 4.74 Å². The molecule has 6 nitrogen and oxygen atoms in total. The number of carbonyl (C=O) groups is 1. The number of sulfonamides is 1. The van der Waals surface area contributed by atoms with Crippen LogP contribution in [0.15, 0.2) is 29.2 Å². The van der Waals surface area contributed by atoms with Gasteiger partial charge in [-0.15, -0.1) is 0 Å². The van der Waals surface area contributed by atoms with Crippen LogP contribution in [-0.4, -0.2) is 45.4 Å². The topological polar surface area (TPSA) is 75.7 Å². The van der Waals surface area contributed by atoms with Crippen molar-refractivity contribution in [2.75, 3.05) is 32.1 Å². The average Bonchev–Trinajstić information content (AvgIpc) is 2.83. The van der Waals surface area contributed by atoms with Crippen LogP contribution in [-0.2, 0) is 19.6 Å². The molecule has 1 fully saturated rings. The largest absolute Gasteiger partial charge is 0.384 e. The van der Waals surface area contributed by atoms with Gasteiger partial charge in [-0.25, -0.2) is 8.42 Å². The summed E-state index contributed by atoms with van der Waals surface area (Å²) in [5.74, 6) is -0.198. The third kappa shape index (κ3) is 5.02. The fourth-order valence-corrected chi connectivity index (χ4v) is 4.15. The molecule has 2 rings (SSSR count). The molecule has 1 saturated heterocycles. The van der Waals surface area contributed by atoms with Crippen LogP contribution in [0.4, 0.5) is 5.69 Å². The maximum absolute atomic E-state index is 12.7. The smallest absolute Gasteiger partial charge is 0.243 e. The number of carbonyl (C=O) groups excluding carboxylic acids is 1. The van der Waals surface area contributed by atoms with Crippen molar-refractivity contribution in [2.24, 2.45) is 0 Å². The van der Waals surface area contributed by atoms with Crippen molar-refractivity contribution in [1.82, 2.24) is 4.31 Å². The van der Waals surface area contributed by atoms with Crippen LogP contribution in [0.5, 0.6) is 0 Å². The minimum Gasteiger partial charge on any atom is -0.384 e. The van der Waals surface area contributed by atoms with Crippen molar-refractivity contribution in [3.8, 4) is 0 Å².